The van der Waals surface area contributed by atoms with Crippen molar-refractivity contribution in [2.24, 2.45) is 0 Å². The molecule has 3 amide bonds. The molecule has 1 saturated heterocycles. The minimum absolute atomic E-state index is 0.0464. The van der Waals surface area contributed by atoms with Crippen LogP contribution in [0.4, 0.5) is 9.18 Å². The number of dihydropyridines is 1. The molecule has 13 heteroatoms. The number of allylic oxidation sites excluding steroid dienone is 2. The van der Waals surface area contributed by atoms with Crippen molar-refractivity contribution in [3.05, 3.63) is 57.6 Å². The molecule has 1 unspecified atom stereocenters. The van der Waals surface area contributed by atoms with Crippen molar-refractivity contribution in [1.82, 2.24) is 34.6 Å². The number of likely N-dealkylation sites (tertiary alicyclic amines) is 1. The third kappa shape index (κ3) is 4.88. The van der Waals surface area contributed by atoms with Crippen LogP contribution in [0.25, 0.3) is 5.65 Å². The average molecular weight is 542 g/mol. The number of aryl methyl sites for hydroxylation is 1. The Kier molecular flexibility index (Phi) is 6.27. The topological polar surface area (TPSA) is 130 Å². The Morgan fingerprint density at radius 2 is 2.00 bits per heavy atom. The lowest BCUT2D eigenvalue weighted by Crippen LogP contribution is -2.61. The summed E-state index contributed by atoms with van der Waals surface area (Å²) in [6.45, 7) is 9.24. The minimum atomic E-state index is -1.03. The van der Waals surface area contributed by atoms with E-state index in [4.69, 9.17) is 4.74 Å². The van der Waals surface area contributed by atoms with Crippen LogP contribution in [-0.2, 0) is 29.0 Å². The quantitative estimate of drug-likeness (QED) is 0.586. The summed E-state index contributed by atoms with van der Waals surface area (Å²) in [6, 6.07) is 1.40. The Hall–Kier alpha value is -4.16. The first-order valence-corrected chi connectivity index (χ1v) is 12.9. The molecular weight excluding hydrogens is 509 g/mol. The van der Waals surface area contributed by atoms with E-state index in [0.717, 1.165) is 6.20 Å². The van der Waals surface area contributed by atoms with Crippen LogP contribution in [-0.4, -0.2) is 72.3 Å². The van der Waals surface area contributed by atoms with Gasteiger partial charge in [-0.05, 0) is 46.3 Å². The number of nitrogens with one attached hydrogen (secondary N) is 2. The summed E-state index contributed by atoms with van der Waals surface area (Å²) in [7, 11) is 0. The number of halogens is 1. The Bertz CT molecular complexity index is 1490. The zero-order valence-corrected chi connectivity index (χ0v) is 22.6. The molecule has 0 aromatic carbocycles. The number of nitrogens with zero attached hydrogens (tertiary/aromatic N) is 5. The van der Waals surface area contributed by atoms with Crippen molar-refractivity contribution in [2.45, 2.75) is 71.4 Å². The number of ether oxygens (including phenoxy) is 1. The molecule has 0 radical (unpaired) electrons. The fraction of sp³-hybridized carbons (Fsp3) is 0.500. The van der Waals surface area contributed by atoms with E-state index in [2.05, 4.69) is 15.7 Å². The van der Waals surface area contributed by atoms with Crippen LogP contribution in [0.1, 0.15) is 56.4 Å². The summed E-state index contributed by atoms with van der Waals surface area (Å²) in [5.74, 6) is -1.32. The van der Waals surface area contributed by atoms with Crippen molar-refractivity contribution in [3.63, 3.8) is 0 Å². The van der Waals surface area contributed by atoms with E-state index in [1.807, 2.05) is 6.92 Å². The standard InChI is InChI=1S/C26H32FN7O5/c1-6-16-9-20-33(14-19(35)29-26(5)8-7-15(27)10-28-26)21-18(22(36)34(20)30-16)13-32(23(21)37)17-11-31(12-17)24(38)39-25(2,3)4/h7-10,17,28H,6,11-14H2,1-5H3,(H,29,35). The van der Waals surface area contributed by atoms with Crippen LogP contribution in [0, 0.1) is 0 Å². The van der Waals surface area contributed by atoms with Gasteiger partial charge in [0.2, 0.25) is 5.91 Å². The smallest absolute Gasteiger partial charge is 0.410 e. The number of hydrogen-bond acceptors (Lipinski definition) is 7. The molecule has 39 heavy (non-hydrogen) atoms. The van der Waals surface area contributed by atoms with E-state index < -0.39 is 40.6 Å². The number of amides is 3. The summed E-state index contributed by atoms with van der Waals surface area (Å²) < 4.78 is 21.6. The zero-order chi connectivity index (χ0) is 28.3. The molecule has 5 heterocycles. The average Bonchev–Trinajstić information content (AvgIpc) is 3.39. The maximum Gasteiger partial charge on any atom is 0.410 e. The third-order valence-electron chi connectivity index (χ3n) is 6.92. The minimum Gasteiger partial charge on any atom is -0.444 e. The molecule has 1 fully saturated rings. The summed E-state index contributed by atoms with van der Waals surface area (Å²) in [5.41, 5.74) is -0.744. The lowest BCUT2D eigenvalue weighted by Gasteiger charge is -2.43. The molecule has 5 rings (SSSR count). The van der Waals surface area contributed by atoms with Gasteiger partial charge in [0.1, 0.15) is 35.0 Å². The zero-order valence-electron chi connectivity index (χ0n) is 22.6. The monoisotopic (exact) mass is 541 g/mol. The second-order valence-corrected chi connectivity index (χ2v) is 11.2. The third-order valence-corrected chi connectivity index (χ3v) is 6.92. The molecule has 1 atom stereocenters. The van der Waals surface area contributed by atoms with Crippen molar-refractivity contribution >= 4 is 23.6 Å². The summed E-state index contributed by atoms with van der Waals surface area (Å²) in [5, 5.41) is 9.99. The van der Waals surface area contributed by atoms with Gasteiger partial charge in [0.05, 0.1) is 23.8 Å². The number of carbonyl (C=O) groups excluding carboxylic acids is 3. The van der Waals surface area contributed by atoms with Gasteiger partial charge in [-0.2, -0.15) is 9.61 Å². The van der Waals surface area contributed by atoms with Gasteiger partial charge in [-0.15, -0.1) is 0 Å². The van der Waals surface area contributed by atoms with Crippen LogP contribution in [0.2, 0.25) is 0 Å². The van der Waals surface area contributed by atoms with E-state index >= 15 is 0 Å². The first-order chi connectivity index (χ1) is 18.3. The highest BCUT2D eigenvalue weighted by Crippen LogP contribution is 2.29. The molecule has 0 bridgehead atoms. The van der Waals surface area contributed by atoms with Crippen molar-refractivity contribution in [2.75, 3.05) is 13.1 Å². The fourth-order valence-corrected chi connectivity index (χ4v) is 4.90. The van der Waals surface area contributed by atoms with E-state index in [1.54, 1.807) is 38.7 Å². The number of fused-ring (bicyclic) bond motifs is 2. The molecule has 2 aromatic rings. The Morgan fingerprint density at radius 3 is 2.62 bits per heavy atom. The van der Waals surface area contributed by atoms with Crippen LogP contribution >= 0.6 is 0 Å². The maximum atomic E-state index is 13.7. The van der Waals surface area contributed by atoms with Gasteiger partial charge in [-0.3, -0.25) is 14.4 Å². The maximum absolute atomic E-state index is 13.7. The largest absolute Gasteiger partial charge is 0.444 e. The van der Waals surface area contributed by atoms with E-state index in [1.165, 1.54) is 26.1 Å². The first-order valence-electron chi connectivity index (χ1n) is 12.9. The van der Waals surface area contributed by atoms with Crippen molar-refractivity contribution < 1.29 is 23.5 Å². The molecule has 3 aliphatic rings. The SMILES string of the molecule is CCc1cc2n(CC(=O)NC3(C)C=CC(F)=CN3)c3c(c(=O)n2n1)CN(C1CN(C(=O)OC(C)(C)C)C1)C3=O. The second kappa shape index (κ2) is 9.24. The lowest BCUT2D eigenvalue weighted by molar-refractivity contribution is -0.123. The van der Waals surface area contributed by atoms with Crippen LogP contribution in [0.3, 0.4) is 0 Å². The van der Waals surface area contributed by atoms with Crippen molar-refractivity contribution in [3.8, 4) is 0 Å². The molecular formula is C26H32FN7O5. The van der Waals surface area contributed by atoms with Crippen LogP contribution in [0.5, 0.6) is 0 Å². The summed E-state index contributed by atoms with van der Waals surface area (Å²) >= 11 is 0. The Morgan fingerprint density at radius 1 is 1.28 bits per heavy atom. The summed E-state index contributed by atoms with van der Waals surface area (Å²) in [6.07, 6.45) is 3.99. The second-order valence-electron chi connectivity index (χ2n) is 11.2. The van der Waals surface area contributed by atoms with Gasteiger partial charge >= 0.3 is 6.09 Å². The van der Waals surface area contributed by atoms with Gasteiger partial charge in [-0.25, -0.2) is 9.18 Å². The molecule has 208 valence electrons. The van der Waals surface area contributed by atoms with Gasteiger partial charge in [0, 0.05) is 25.4 Å². The number of aromatic nitrogens is 3. The molecule has 3 aliphatic heterocycles. The fourth-order valence-electron chi connectivity index (χ4n) is 4.90. The van der Waals surface area contributed by atoms with E-state index in [-0.39, 0.29) is 43.5 Å². The van der Waals surface area contributed by atoms with Gasteiger partial charge in [0.15, 0.2) is 0 Å². The number of carbonyl (C=O) groups is 3. The molecule has 12 nitrogen and oxygen atoms in total. The first kappa shape index (κ1) is 26.4. The molecule has 0 saturated carbocycles. The highest BCUT2D eigenvalue weighted by Gasteiger charge is 2.44. The summed E-state index contributed by atoms with van der Waals surface area (Å²) in [4.78, 5) is 55.7. The molecule has 2 N–H and O–H groups in total. The number of rotatable bonds is 5. The van der Waals surface area contributed by atoms with E-state index in [9.17, 15) is 23.6 Å². The molecule has 0 spiro atoms. The van der Waals surface area contributed by atoms with Gasteiger partial charge in [-0.1, -0.05) is 6.92 Å². The van der Waals surface area contributed by atoms with E-state index in [0.29, 0.717) is 17.8 Å². The predicted molar refractivity (Wildman–Crippen MR) is 138 cm³/mol. The van der Waals surface area contributed by atoms with Crippen LogP contribution < -0.4 is 16.2 Å². The van der Waals surface area contributed by atoms with Crippen molar-refractivity contribution in [1.29, 1.82) is 0 Å². The van der Waals surface area contributed by atoms with Gasteiger partial charge in [0.25, 0.3) is 11.5 Å². The number of hydrogen-bond donors (Lipinski definition) is 2. The van der Waals surface area contributed by atoms with Gasteiger partial charge < -0.3 is 29.7 Å². The highest BCUT2D eigenvalue weighted by atomic mass is 19.1. The normalized spacial score (nSPS) is 21.0. The molecule has 0 aliphatic carbocycles. The predicted octanol–water partition coefficient (Wildman–Crippen LogP) is 1.44. The lowest BCUT2D eigenvalue weighted by atomic mass is 10.1. The molecule has 2 aromatic heterocycles. The Balaban J connectivity index is 1.42. The van der Waals surface area contributed by atoms with Crippen LogP contribution in [0.15, 0.2) is 35.0 Å². The highest BCUT2D eigenvalue weighted by molar-refractivity contribution is 5.98. The Labute approximate surface area is 224 Å².